The highest BCUT2D eigenvalue weighted by Gasteiger charge is 2.15. The minimum absolute atomic E-state index is 0.323. The molecule has 1 N–H and O–H groups in total. The Kier molecular flexibility index (Phi) is 3.11. The fourth-order valence-electron chi connectivity index (χ4n) is 2.50. The first-order valence-corrected chi connectivity index (χ1v) is 6.61. The summed E-state index contributed by atoms with van der Waals surface area (Å²) in [6, 6.07) is 5.39. The van der Waals surface area contributed by atoms with E-state index in [1.807, 2.05) is 6.07 Å². The SMILES string of the molecule is COC(=O)c1ccc2nc(N3CCCCC3)[nH]c2c1. The first-order valence-electron chi connectivity index (χ1n) is 6.61. The van der Waals surface area contributed by atoms with Crippen LogP contribution in [0.2, 0.25) is 0 Å². The summed E-state index contributed by atoms with van der Waals surface area (Å²) in [5.74, 6) is 0.577. The van der Waals surface area contributed by atoms with Crippen molar-refractivity contribution in [1.29, 1.82) is 0 Å². The minimum atomic E-state index is -0.323. The van der Waals surface area contributed by atoms with Gasteiger partial charge in [0.15, 0.2) is 0 Å². The van der Waals surface area contributed by atoms with Crippen molar-refractivity contribution in [2.75, 3.05) is 25.1 Å². The Labute approximate surface area is 111 Å². The third kappa shape index (κ3) is 2.28. The molecule has 0 amide bonds. The lowest BCUT2D eigenvalue weighted by Crippen LogP contribution is -2.30. The van der Waals surface area contributed by atoms with E-state index in [9.17, 15) is 4.79 Å². The molecule has 0 spiro atoms. The van der Waals surface area contributed by atoms with E-state index >= 15 is 0 Å². The number of aromatic nitrogens is 2. The summed E-state index contributed by atoms with van der Waals surface area (Å²) in [7, 11) is 1.39. The van der Waals surface area contributed by atoms with Crippen molar-refractivity contribution in [3.8, 4) is 0 Å². The standard InChI is InChI=1S/C14H17N3O2/c1-19-13(18)10-5-6-11-12(9-10)16-14(15-11)17-7-3-2-4-8-17/h5-6,9H,2-4,7-8H2,1H3,(H,15,16). The number of ether oxygens (including phenoxy) is 1. The predicted molar refractivity (Wildman–Crippen MR) is 73.5 cm³/mol. The number of esters is 1. The quantitative estimate of drug-likeness (QED) is 0.841. The number of carbonyl (C=O) groups is 1. The van der Waals surface area contributed by atoms with Gasteiger partial charge in [-0.25, -0.2) is 9.78 Å². The summed E-state index contributed by atoms with van der Waals surface area (Å²) in [5.41, 5.74) is 2.31. The fraction of sp³-hybridized carbons (Fsp3) is 0.429. The van der Waals surface area contributed by atoms with E-state index in [1.54, 1.807) is 12.1 Å². The number of benzene rings is 1. The number of aromatic amines is 1. The zero-order chi connectivity index (χ0) is 13.2. The van der Waals surface area contributed by atoms with Crippen LogP contribution in [0.15, 0.2) is 18.2 Å². The Bertz CT molecular complexity index is 600. The lowest BCUT2D eigenvalue weighted by molar-refractivity contribution is 0.0601. The van der Waals surface area contributed by atoms with Gasteiger partial charge >= 0.3 is 5.97 Å². The molecule has 1 aliphatic heterocycles. The smallest absolute Gasteiger partial charge is 0.337 e. The maximum Gasteiger partial charge on any atom is 0.337 e. The highest BCUT2D eigenvalue weighted by atomic mass is 16.5. The highest BCUT2D eigenvalue weighted by Crippen LogP contribution is 2.21. The molecule has 1 aromatic heterocycles. The zero-order valence-electron chi connectivity index (χ0n) is 11.0. The largest absolute Gasteiger partial charge is 0.465 e. The number of carbonyl (C=O) groups excluding carboxylic acids is 1. The van der Waals surface area contributed by atoms with Crippen LogP contribution in [-0.4, -0.2) is 36.1 Å². The molecule has 1 fully saturated rings. The molecular formula is C14H17N3O2. The summed E-state index contributed by atoms with van der Waals surface area (Å²) >= 11 is 0. The maximum absolute atomic E-state index is 11.5. The first-order chi connectivity index (χ1) is 9.28. The van der Waals surface area contributed by atoms with E-state index in [-0.39, 0.29) is 5.97 Å². The van der Waals surface area contributed by atoms with E-state index in [0.717, 1.165) is 30.1 Å². The van der Waals surface area contributed by atoms with Crippen LogP contribution in [-0.2, 0) is 4.74 Å². The van der Waals surface area contributed by atoms with Gasteiger partial charge in [0.1, 0.15) is 0 Å². The third-order valence-electron chi connectivity index (χ3n) is 3.55. The third-order valence-corrected chi connectivity index (χ3v) is 3.55. The molecule has 0 bridgehead atoms. The number of hydrogen-bond acceptors (Lipinski definition) is 4. The van der Waals surface area contributed by atoms with E-state index in [0.29, 0.717) is 5.56 Å². The average molecular weight is 259 g/mol. The molecule has 5 heteroatoms. The van der Waals surface area contributed by atoms with Gasteiger partial charge in [-0.3, -0.25) is 0 Å². The Morgan fingerprint density at radius 2 is 2.11 bits per heavy atom. The number of H-pyrrole nitrogens is 1. The average Bonchev–Trinajstić information content (AvgIpc) is 2.90. The topological polar surface area (TPSA) is 58.2 Å². The second kappa shape index (κ2) is 4.91. The molecule has 2 aromatic rings. The molecule has 0 unspecified atom stereocenters. The van der Waals surface area contributed by atoms with Crippen molar-refractivity contribution >= 4 is 23.0 Å². The van der Waals surface area contributed by atoms with Crippen LogP contribution in [0.1, 0.15) is 29.6 Å². The second-order valence-electron chi connectivity index (χ2n) is 4.83. The van der Waals surface area contributed by atoms with Gasteiger partial charge in [-0.05, 0) is 37.5 Å². The number of piperidine rings is 1. The molecule has 100 valence electrons. The van der Waals surface area contributed by atoms with Crippen molar-refractivity contribution in [2.45, 2.75) is 19.3 Å². The number of hydrogen-bond donors (Lipinski definition) is 1. The van der Waals surface area contributed by atoms with Crippen molar-refractivity contribution < 1.29 is 9.53 Å². The monoisotopic (exact) mass is 259 g/mol. The molecule has 5 nitrogen and oxygen atoms in total. The lowest BCUT2D eigenvalue weighted by atomic mass is 10.1. The molecular weight excluding hydrogens is 242 g/mol. The van der Waals surface area contributed by atoms with E-state index in [1.165, 1.54) is 26.4 Å². The molecule has 0 aliphatic carbocycles. The van der Waals surface area contributed by atoms with Gasteiger partial charge in [-0.2, -0.15) is 0 Å². The maximum atomic E-state index is 11.5. The van der Waals surface area contributed by atoms with Gasteiger partial charge in [0.25, 0.3) is 0 Å². The molecule has 19 heavy (non-hydrogen) atoms. The Balaban J connectivity index is 1.93. The number of anilines is 1. The van der Waals surface area contributed by atoms with E-state index in [4.69, 9.17) is 4.74 Å². The summed E-state index contributed by atoms with van der Waals surface area (Å²) < 4.78 is 4.72. The predicted octanol–water partition coefficient (Wildman–Crippen LogP) is 2.34. The van der Waals surface area contributed by atoms with Gasteiger partial charge in [0.2, 0.25) is 5.95 Å². The fourth-order valence-corrected chi connectivity index (χ4v) is 2.50. The number of methoxy groups -OCH3 is 1. The highest BCUT2D eigenvalue weighted by molar-refractivity contribution is 5.93. The Morgan fingerprint density at radius 3 is 2.84 bits per heavy atom. The molecule has 2 heterocycles. The molecule has 3 rings (SSSR count). The lowest BCUT2D eigenvalue weighted by Gasteiger charge is -2.25. The van der Waals surface area contributed by atoms with Crippen molar-refractivity contribution in [2.24, 2.45) is 0 Å². The van der Waals surface area contributed by atoms with Gasteiger partial charge in [0, 0.05) is 13.1 Å². The number of rotatable bonds is 2. The summed E-state index contributed by atoms with van der Waals surface area (Å²) in [6.45, 7) is 2.09. The number of fused-ring (bicyclic) bond motifs is 1. The summed E-state index contributed by atoms with van der Waals surface area (Å²) in [5, 5.41) is 0. The Hall–Kier alpha value is -2.04. The number of nitrogens with zero attached hydrogens (tertiary/aromatic N) is 2. The van der Waals surface area contributed by atoms with Crippen LogP contribution in [0.3, 0.4) is 0 Å². The molecule has 0 saturated carbocycles. The summed E-state index contributed by atoms with van der Waals surface area (Å²) in [6.07, 6.45) is 3.72. The Morgan fingerprint density at radius 1 is 1.32 bits per heavy atom. The van der Waals surface area contributed by atoms with Gasteiger partial charge in [0.05, 0.1) is 23.7 Å². The molecule has 1 saturated heterocycles. The molecule has 0 radical (unpaired) electrons. The molecule has 1 aromatic carbocycles. The number of nitrogens with one attached hydrogen (secondary N) is 1. The van der Waals surface area contributed by atoms with Crippen LogP contribution >= 0.6 is 0 Å². The molecule has 1 aliphatic rings. The van der Waals surface area contributed by atoms with Crippen molar-refractivity contribution in [3.05, 3.63) is 23.8 Å². The minimum Gasteiger partial charge on any atom is -0.465 e. The van der Waals surface area contributed by atoms with Crippen LogP contribution in [0.4, 0.5) is 5.95 Å². The normalized spacial score (nSPS) is 15.7. The first kappa shape index (κ1) is 12.0. The summed E-state index contributed by atoms with van der Waals surface area (Å²) in [4.78, 5) is 21.6. The van der Waals surface area contributed by atoms with Gasteiger partial charge in [-0.1, -0.05) is 0 Å². The van der Waals surface area contributed by atoms with Crippen LogP contribution in [0.25, 0.3) is 11.0 Å². The second-order valence-corrected chi connectivity index (χ2v) is 4.83. The van der Waals surface area contributed by atoms with Gasteiger partial charge in [-0.15, -0.1) is 0 Å². The van der Waals surface area contributed by atoms with Crippen LogP contribution in [0.5, 0.6) is 0 Å². The van der Waals surface area contributed by atoms with Crippen LogP contribution < -0.4 is 4.90 Å². The number of imidazole rings is 1. The van der Waals surface area contributed by atoms with Gasteiger partial charge < -0.3 is 14.6 Å². The zero-order valence-corrected chi connectivity index (χ0v) is 11.0. The van der Waals surface area contributed by atoms with Crippen LogP contribution in [0, 0.1) is 0 Å². The van der Waals surface area contributed by atoms with Crippen molar-refractivity contribution in [1.82, 2.24) is 9.97 Å². The molecule has 0 atom stereocenters. The van der Waals surface area contributed by atoms with Crippen molar-refractivity contribution in [3.63, 3.8) is 0 Å². The van der Waals surface area contributed by atoms with E-state index < -0.39 is 0 Å². The van der Waals surface area contributed by atoms with E-state index in [2.05, 4.69) is 14.9 Å².